The summed E-state index contributed by atoms with van der Waals surface area (Å²) in [4.78, 5) is 0. The number of hydrazine groups is 1. The van der Waals surface area contributed by atoms with Crippen LogP contribution in [0.2, 0.25) is 0 Å². The molecule has 0 aliphatic carbocycles. The number of nitrogens with two attached hydrogens (primary N) is 1. The van der Waals surface area contributed by atoms with E-state index in [1.807, 2.05) is 0 Å². The molecule has 0 saturated carbocycles. The minimum atomic E-state index is 0.210. The van der Waals surface area contributed by atoms with Gasteiger partial charge >= 0.3 is 0 Å². The van der Waals surface area contributed by atoms with Crippen LogP contribution in [0.5, 0.6) is 0 Å². The minimum Gasteiger partial charge on any atom is -0.381 e. The highest BCUT2D eigenvalue weighted by atomic mass is 16.5. The van der Waals surface area contributed by atoms with E-state index < -0.39 is 0 Å². The second kappa shape index (κ2) is 4.95. The van der Waals surface area contributed by atoms with Crippen LogP contribution in [0.3, 0.4) is 0 Å². The van der Waals surface area contributed by atoms with E-state index >= 15 is 0 Å². The highest BCUT2D eigenvalue weighted by Crippen LogP contribution is 2.29. The minimum absolute atomic E-state index is 0.210. The topological polar surface area (TPSA) is 47.3 Å². The molecule has 3 heteroatoms. The van der Waals surface area contributed by atoms with Gasteiger partial charge in [0.05, 0.1) is 12.6 Å². The van der Waals surface area contributed by atoms with E-state index in [4.69, 9.17) is 10.6 Å². The molecule has 3 N–H and O–H groups in total. The Labute approximate surface area is 97.0 Å². The van der Waals surface area contributed by atoms with Crippen LogP contribution >= 0.6 is 0 Å². The first kappa shape index (κ1) is 11.6. The quantitative estimate of drug-likeness (QED) is 0.603. The number of nitrogens with one attached hydrogen (secondary N) is 1. The molecule has 0 spiro atoms. The standard InChI is InChI=1S/C13H20N2O/c1-9-3-4-11(7-10(9)2)13(15-14)12-5-6-16-8-12/h3-4,7,12-13,15H,5-6,8,14H2,1-2H3. The predicted octanol–water partition coefficient (Wildman–Crippen LogP) is 1.84. The molecule has 2 atom stereocenters. The van der Waals surface area contributed by atoms with Crippen molar-refractivity contribution in [1.29, 1.82) is 0 Å². The number of hydrogen-bond acceptors (Lipinski definition) is 3. The Balaban J connectivity index is 2.22. The Morgan fingerprint density at radius 1 is 1.38 bits per heavy atom. The van der Waals surface area contributed by atoms with E-state index in [2.05, 4.69) is 37.5 Å². The molecule has 16 heavy (non-hydrogen) atoms. The summed E-state index contributed by atoms with van der Waals surface area (Å²) in [5.41, 5.74) is 6.83. The van der Waals surface area contributed by atoms with Gasteiger partial charge in [-0.05, 0) is 37.0 Å². The molecule has 1 saturated heterocycles. The monoisotopic (exact) mass is 220 g/mol. The number of aryl methyl sites for hydroxylation is 2. The molecule has 1 aromatic rings. The van der Waals surface area contributed by atoms with Gasteiger partial charge in [0.1, 0.15) is 0 Å². The summed E-state index contributed by atoms with van der Waals surface area (Å²) in [6.45, 7) is 5.93. The van der Waals surface area contributed by atoms with Gasteiger partial charge in [0, 0.05) is 12.5 Å². The SMILES string of the molecule is Cc1ccc(C(NN)C2CCOC2)cc1C. The van der Waals surface area contributed by atoms with Crippen molar-refractivity contribution in [2.24, 2.45) is 11.8 Å². The smallest absolute Gasteiger partial charge is 0.0513 e. The summed E-state index contributed by atoms with van der Waals surface area (Å²) in [6, 6.07) is 6.75. The van der Waals surface area contributed by atoms with E-state index in [1.54, 1.807) is 0 Å². The van der Waals surface area contributed by atoms with Gasteiger partial charge in [-0.1, -0.05) is 18.2 Å². The maximum atomic E-state index is 5.67. The second-order valence-corrected chi connectivity index (χ2v) is 4.61. The van der Waals surface area contributed by atoms with Gasteiger partial charge in [-0.3, -0.25) is 11.3 Å². The summed E-state index contributed by atoms with van der Waals surface area (Å²) in [7, 11) is 0. The van der Waals surface area contributed by atoms with E-state index in [0.29, 0.717) is 5.92 Å². The fraction of sp³-hybridized carbons (Fsp3) is 0.538. The normalized spacial score (nSPS) is 22.3. The maximum absolute atomic E-state index is 5.67. The van der Waals surface area contributed by atoms with Crippen LogP contribution in [-0.2, 0) is 4.74 Å². The number of rotatable bonds is 3. The Hall–Kier alpha value is -0.900. The van der Waals surface area contributed by atoms with Gasteiger partial charge in [0.15, 0.2) is 0 Å². The molecule has 2 rings (SSSR count). The van der Waals surface area contributed by atoms with E-state index in [-0.39, 0.29) is 6.04 Å². The first-order chi connectivity index (χ1) is 7.72. The number of ether oxygens (including phenoxy) is 1. The lowest BCUT2D eigenvalue weighted by Gasteiger charge is -2.22. The van der Waals surface area contributed by atoms with Crippen LogP contribution in [-0.4, -0.2) is 13.2 Å². The molecule has 1 fully saturated rings. The first-order valence-electron chi connectivity index (χ1n) is 5.83. The van der Waals surface area contributed by atoms with Crippen LogP contribution in [0.1, 0.15) is 29.2 Å². The van der Waals surface area contributed by atoms with Crippen molar-refractivity contribution >= 4 is 0 Å². The molecule has 0 aromatic heterocycles. The van der Waals surface area contributed by atoms with Gasteiger partial charge in [-0.2, -0.15) is 0 Å². The molecular formula is C13H20N2O. The van der Waals surface area contributed by atoms with E-state index in [1.165, 1.54) is 16.7 Å². The molecule has 1 aliphatic heterocycles. The largest absolute Gasteiger partial charge is 0.381 e. The molecule has 1 aliphatic rings. The lowest BCUT2D eigenvalue weighted by Crippen LogP contribution is -2.33. The zero-order valence-electron chi connectivity index (χ0n) is 9.99. The molecule has 1 aromatic carbocycles. The summed E-state index contributed by atoms with van der Waals surface area (Å²) in [5.74, 6) is 6.16. The lowest BCUT2D eigenvalue weighted by molar-refractivity contribution is 0.177. The van der Waals surface area contributed by atoms with Gasteiger partial charge in [0.25, 0.3) is 0 Å². The van der Waals surface area contributed by atoms with Crippen molar-refractivity contribution in [3.05, 3.63) is 34.9 Å². The predicted molar refractivity (Wildman–Crippen MR) is 64.9 cm³/mol. The second-order valence-electron chi connectivity index (χ2n) is 4.61. The summed E-state index contributed by atoms with van der Waals surface area (Å²) in [5, 5.41) is 0. The van der Waals surface area contributed by atoms with Crippen LogP contribution in [0, 0.1) is 19.8 Å². The highest BCUT2D eigenvalue weighted by molar-refractivity contribution is 5.32. The third-order valence-electron chi connectivity index (χ3n) is 3.51. The molecule has 2 unspecified atom stereocenters. The molecule has 88 valence electrons. The average Bonchev–Trinajstić information content (AvgIpc) is 2.78. The molecular weight excluding hydrogens is 200 g/mol. The lowest BCUT2D eigenvalue weighted by atomic mass is 9.91. The highest BCUT2D eigenvalue weighted by Gasteiger charge is 2.26. The number of benzene rings is 1. The van der Waals surface area contributed by atoms with Crippen molar-refractivity contribution in [2.45, 2.75) is 26.3 Å². The zero-order valence-corrected chi connectivity index (χ0v) is 9.99. The molecule has 0 radical (unpaired) electrons. The maximum Gasteiger partial charge on any atom is 0.0513 e. The van der Waals surface area contributed by atoms with E-state index in [9.17, 15) is 0 Å². The summed E-state index contributed by atoms with van der Waals surface area (Å²) >= 11 is 0. The molecule has 0 bridgehead atoms. The Morgan fingerprint density at radius 3 is 2.75 bits per heavy atom. The van der Waals surface area contributed by atoms with Gasteiger partial charge in [0.2, 0.25) is 0 Å². The third kappa shape index (κ3) is 2.26. The molecule has 1 heterocycles. The van der Waals surface area contributed by atoms with Crippen LogP contribution in [0.25, 0.3) is 0 Å². The fourth-order valence-corrected chi connectivity index (χ4v) is 2.28. The fourth-order valence-electron chi connectivity index (χ4n) is 2.28. The van der Waals surface area contributed by atoms with Crippen molar-refractivity contribution in [1.82, 2.24) is 5.43 Å². The summed E-state index contributed by atoms with van der Waals surface area (Å²) < 4.78 is 5.42. The van der Waals surface area contributed by atoms with Crippen molar-refractivity contribution in [2.75, 3.05) is 13.2 Å². The van der Waals surface area contributed by atoms with Crippen molar-refractivity contribution in [3.63, 3.8) is 0 Å². The van der Waals surface area contributed by atoms with Gasteiger partial charge < -0.3 is 4.74 Å². The van der Waals surface area contributed by atoms with Crippen LogP contribution in [0.4, 0.5) is 0 Å². The third-order valence-corrected chi connectivity index (χ3v) is 3.51. The Bertz CT molecular complexity index is 359. The summed E-state index contributed by atoms with van der Waals surface area (Å²) in [6.07, 6.45) is 1.09. The average molecular weight is 220 g/mol. The molecule has 3 nitrogen and oxygen atoms in total. The first-order valence-corrected chi connectivity index (χ1v) is 5.83. The Kier molecular flexibility index (Phi) is 3.59. The van der Waals surface area contributed by atoms with Crippen LogP contribution < -0.4 is 11.3 Å². The van der Waals surface area contributed by atoms with E-state index in [0.717, 1.165) is 19.6 Å². The van der Waals surface area contributed by atoms with Gasteiger partial charge in [-0.25, -0.2) is 0 Å². The van der Waals surface area contributed by atoms with Crippen molar-refractivity contribution < 1.29 is 4.74 Å². The van der Waals surface area contributed by atoms with Gasteiger partial charge in [-0.15, -0.1) is 0 Å². The van der Waals surface area contributed by atoms with Crippen LogP contribution in [0.15, 0.2) is 18.2 Å². The molecule has 0 amide bonds. The number of hydrogen-bond donors (Lipinski definition) is 2. The van der Waals surface area contributed by atoms with Crippen molar-refractivity contribution in [3.8, 4) is 0 Å². The Morgan fingerprint density at radius 2 is 2.19 bits per heavy atom. The zero-order chi connectivity index (χ0) is 11.5.